The van der Waals surface area contributed by atoms with Gasteiger partial charge in [-0.05, 0) is 11.5 Å². The van der Waals surface area contributed by atoms with Crippen LogP contribution in [0.2, 0.25) is 0 Å². The zero-order valence-corrected chi connectivity index (χ0v) is 14.3. The van der Waals surface area contributed by atoms with Crippen molar-refractivity contribution < 1.29 is 77.2 Å². The Morgan fingerprint density at radius 3 is 1.93 bits per heavy atom. The molecule has 0 atom stereocenters. The fourth-order valence-electron chi connectivity index (χ4n) is 0.836. The SMILES string of the molecule is C=C(C(=N)[O-])C(C)(C)CS(=O)(=O)[O-].[Na+].[Na+]. The average Bonchev–Trinajstić information content (AvgIpc) is 1.80. The summed E-state index contributed by atoms with van der Waals surface area (Å²) in [5, 5.41) is 17.3. The van der Waals surface area contributed by atoms with E-state index in [0.717, 1.165) is 0 Å². The number of hydrogen-bond acceptors (Lipinski definition) is 5. The smallest absolute Gasteiger partial charge is 0.859 e. The van der Waals surface area contributed by atoms with Crippen molar-refractivity contribution in [3.63, 3.8) is 0 Å². The molecule has 0 fully saturated rings. The Bertz CT molecular complexity index is 337. The van der Waals surface area contributed by atoms with Crippen LogP contribution in [0.4, 0.5) is 0 Å². The molecule has 0 saturated carbocycles. The molecule has 0 unspecified atom stereocenters. The predicted molar refractivity (Wildman–Crippen MR) is 45.2 cm³/mol. The van der Waals surface area contributed by atoms with Gasteiger partial charge in [0.15, 0.2) is 0 Å². The van der Waals surface area contributed by atoms with Gasteiger partial charge in [-0.15, -0.1) is 0 Å². The summed E-state index contributed by atoms with van der Waals surface area (Å²) in [5.41, 5.74) is -1.34. The van der Waals surface area contributed by atoms with Crippen LogP contribution >= 0.6 is 0 Å². The maximum absolute atomic E-state index is 10.5. The van der Waals surface area contributed by atoms with Crippen molar-refractivity contribution in [3.05, 3.63) is 12.2 Å². The molecule has 5 nitrogen and oxygen atoms in total. The first-order valence-electron chi connectivity index (χ1n) is 3.45. The zero-order chi connectivity index (χ0) is 10.9. The molecule has 0 amide bonds. The third-order valence-electron chi connectivity index (χ3n) is 1.63. The number of hydrogen-bond donors (Lipinski definition) is 1. The fraction of sp³-hybridized carbons (Fsp3) is 0.571. The van der Waals surface area contributed by atoms with E-state index in [1.807, 2.05) is 0 Å². The molecular formula is C7H11NNa2O4S. The van der Waals surface area contributed by atoms with Gasteiger partial charge in [0.25, 0.3) is 0 Å². The second kappa shape index (κ2) is 7.45. The summed E-state index contributed by atoms with van der Waals surface area (Å²) < 4.78 is 31.2. The molecule has 0 heterocycles. The van der Waals surface area contributed by atoms with E-state index in [2.05, 4.69) is 6.58 Å². The largest absolute Gasteiger partial charge is 1.00 e. The van der Waals surface area contributed by atoms with Crippen LogP contribution in [0.3, 0.4) is 0 Å². The van der Waals surface area contributed by atoms with Crippen LogP contribution < -0.4 is 64.2 Å². The molecule has 0 aliphatic carbocycles. The topological polar surface area (TPSA) is 104 Å². The molecule has 76 valence electrons. The summed E-state index contributed by atoms with van der Waals surface area (Å²) in [6.07, 6.45) is 0. The van der Waals surface area contributed by atoms with E-state index < -0.39 is 27.2 Å². The molecule has 8 heteroatoms. The molecular weight excluding hydrogens is 240 g/mol. The Hall–Kier alpha value is 1.12. The molecule has 0 aliphatic heterocycles. The van der Waals surface area contributed by atoms with Gasteiger partial charge < -0.3 is 15.1 Å². The molecule has 0 bridgehead atoms. The monoisotopic (exact) mass is 251 g/mol. The average molecular weight is 251 g/mol. The Morgan fingerprint density at radius 2 is 1.73 bits per heavy atom. The predicted octanol–water partition coefficient (Wildman–Crippen LogP) is -6.54. The maximum Gasteiger partial charge on any atom is 1.00 e. The van der Waals surface area contributed by atoms with Gasteiger partial charge in [0.2, 0.25) is 0 Å². The summed E-state index contributed by atoms with van der Waals surface area (Å²) in [7, 11) is -4.41. The summed E-state index contributed by atoms with van der Waals surface area (Å²) in [5.74, 6) is -1.77. The third kappa shape index (κ3) is 8.88. The standard InChI is InChI=1S/C7H13NO4S.2Na/c1-5(6(8)9)7(2,3)4-13(10,11)12;;/h1,4H2,2-3H3,(H2,8,9)(H,10,11,12);;/q;2*+1/p-2. The van der Waals surface area contributed by atoms with E-state index >= 15 is 0 Å². The molecule has 1 N–H and O–H groups in total. The van der Waals surface area contributed by atoms with Crippen LogP contribution in [0.25, 0.3) is 0 Å². The van der Waals surface area contributed by atoms with Gasteiger partial charge in [-0.3, -0.25) is 0 Å². The first-order valence-corrected chi connectivity index (χ1v) is 5.03. The Kier molecular flexibility index (Phi) is 10.6. The Morgan fingerprint density at radius 1 is 1.40 bits per heavy atom. The van der Waals surface area contributed by atoms with E-state index in [-0.39, 0.29) is 64.7 Å². The Balaban J connectivity index is -0.000000720. The molecule has 0 saturated heterocycles. The number of rotatable bonds is 4. The summed E-state index contributed by atoms with van der Waals surface area (Å²) in [6, 6.07) is 0. The maximum atomic E-state index is 10.5. The van der Waals surface area contributed by atoms with Gasteiger partial charge >= 0.3 is 59.1 Å². The molecule has 0 aromatic rings. The van der Waals surface area contributed by atoms with Crippen molar-refractivity contribution >= 4 is 16.0 Å². The van der Waals surface area contributed by atoms with Gasteiger partial charge in [0.1, 0.15) is 0 Å². The molecule has 0 rings (SSSR count). The minimum absolute atomic E-state index is 0. The first-order chi connectivity index (χ1) is 5.56. The van der Waals surface area contributed by atoms with Crippen molar-refractivity contribution in [2.75, 3.05) is 5.75 Å². The van der Waals surface area contributed by atoms with E-state index in [9.17, 15) is 18.1 Å². The van der Waals surface area contributed by atoms with Crippen LogP contribution in [0.15, 0.2) is 12.2 Å². The van der Waals surface area contributed by atoms with Gasteiger partial charge in [-0.1, -0.05) is 20.4 Å². The number of nitrogens with one attached hydrogen (secondary N) is 1. The van der Waals surface area contributed by atoms with Crippen molar-refractivity contribution in [2.24, 2.45) is 5.41 Å². The second-order valence-corrected chi connectivity index (χ2v) is 4.80. The normalized spacial score (nSPS) is 10.9. The van der Waals surface area contributed by atoms with Crippen LogP contribution in [0.1, 0.15) is 13.8 Å². The van der Waals surface area contributed by atoms with Crippen molar-refractivity contribution in [3.8, 4) is 0 Å². The molecule has 0 radical (unpaired) electrons. The second-order valence-electron chi connectivity index (χ2n) is 3.39. The van der Waals surface area contributed by atoms with Crippen molar-refractivity contribution in [1.29, 1.82) is 5.41 Å². The quantitative estimate of drug-likeness (QED) is 0.232. The summed E-state index contributed by atoms with van der Waals surface area (Å²) in [6.45, 7) is 6.04. The van der Waals surface area contributed by atoms with E-state index in [1.165, 1.54) is 13.8 Å². The van der Waals surface area contributed by atoms with Crippen molar-refractivity contribution in [1.82, 2.24) is 0 Å². The summed E-state index contributed by atoms with van der Waals surface area (Å²) >= 11 is 0. The van der Waals surface area contributed by atoms with Gasteiger partial charge in [-0.25, -0.2) is 8.42 Å². The minimum Gasteiger partial charge on any atom is -0.859 e. The molecule has 0 aliphatic rings. The van der Waals surface area contributed by atoms with Crippen molar-refractivity contribution in [2.45, 2.75) is 13.8 Å². The van der Waals surface area contributed by atoms with Gasteiger partial charge in [-0.2, -0.15) is 0 Å². The molecule has 0 aromatic heterocycles. The zero-order valence-electron chi connectivity index (χ0n) is 9.46. The van der Waals surface area contributed by atoms with Crippen LogP contribution in [0.5, 0.6) is 0 Å². The van der Waals surface area contributed by atoms with Crippen LogP contribution in [-0.4, -0.2) is 24.6 Å². The molecule has 0 spiro atoms. The first kappa shape index (κ1) is 21.4. The van der Waals surface area contributed by atoms with Gasteiger partial charge in [0.05, 0.1) is 10.1 Å². The summed E-state index contributed by atoms with van der Waals surface area (Å²) in [4.78, 5) is 0. The van der Waals surface area contributed by atoms with Gasteiger partial charge in [0, 0.05) is 11.2 Å². The third-order valence-corrected chi connectivity index (χ3v) is 2.70. The molecule has 0 aromatic carbocycles. The van der Waals surface area contributed by atoms with E-state index in [4.69, 9.17) is 5.41 Å². The molecule has 15 heavy (non-hydrogen) atoms. The van der Waals surface area contributed by atoms with Crippen LogP contribution in [-0.2, 0) is 10.1 Å². The fourth-order valence-corrected chi connectivity index (χ4v) is 1.89. The van der Waals surface area contributed by atoms with Crippen LogP contribution in [0, 0.1) is 10.8 Å². The van der Waals surface area contributed by atoms with E-state index in [0.29, 0.717) is 0 Å². The Labute approximate surface area is 134 Å². The van der Waals surface area contributed by atoms with E-state index in [1.54, 1.807) is 0 Å². The minimum atomic E-state index is -4.41.